The lowest BCUT2D eigenvalue weighted by molar-refractivity contribution is -0.124. The van der Waals surface area contributed by atoms with E-state index in [1.165, 1.54) is 12.0 Å². The summed E-state index contributed by atoms with van der Waals surface area (Å²) in [6.45, 7) is 4.63. The first-order valence-electron chi connectivity index (χ1n) is 9.21. The van der Waals surface area contributed by atoms with Gasteiger partial charge >= 0.3 is 0 Å². The lowest BCUT2D eigenvalue weighted by atomic mass is 9.99. The van der Waals surface area contributed by atoms with Crippen molar-refractivity contribution >= 4 is 11.6 Å². The average molecular weight is 339 g/mol. The topological polar surface area (TPSA) is 54.3 Å². The quantitative estimate of drug-likeness (QED) is 0.856. The highest BCUT2D eigenvalue weighted by Crippen LogP contribution is 2.29. The van der Waals surface area contributed by atoms with E-state index in [1.807, 2.05) is 15.6 Å². The van der Waals surface area contributed by atoms with Crippen molar-refractivity contribution in [2.45, 2.75) is 51.2 Å². The Morgan fingerprint density at radius 1 is 1.28 bits per heavy atom. The summed E-state index contributed by atoms with van der Waals surface area (Å²) < 4.78 is 1.88. The molecule has 4 rings (SSSR count). The van der Waals surface area contributed by atoms with Gasteiger partial charge in [-0.25, -0.2) is 4.98 Å². The molecule has 132 valence electrons. The van der Waals surface area contributed by atoms with Gasteiger partial charge in [0.05, 0.1) is 12.6 Å². The number of benzene rings is 1. The fraction of sp³-hybridized carbons (Fsp3) is 0.526. The molecule has 2 atom stereocenters. The van der Waals surface area contributed by atoms with Crippen LogP contribution in [0.25, 0.3) is 0 Å². The molecule has 3 heterocycles. The van der Waals surface area contributed by atoms with Crippen LogP contribution in [-0.4, -0.2) is 50.7 Å². The molecule has 1 aromatic carbocycles. The number of nitrogens with zero attached hydrogens (tertiary/aromatic N) is 5. The number of piperidine rings is 1. The van der Waals surface area contributed by atoms with Crippen molar-refractivity contribution in [2.75, 3.05) is 18.0 Å². The maximum atomic E-state index is 13.2. The Morgan fingerprint density at radius 3 is 3.00 bits per heavy atom. The Morgan fingerprint density at radius 2 is 2.16 bits per heavy atom. The van der Waals surface area contributed by atoms with E-state index in [9.17, 15) is 4.79 Å². The first kappa shape index (κ1) is 16.3. The molecule has 2 aliphatic heterocycles. The largest absolute Gasteiger partial charge is 0.310 e. The number of rotatable bonds is 4. The van der Waals surface area contributed by atoms with Crippen LogP contribution in [0.1, 0.15) is 31.7 Å². The van der Waals surface area contributed by atoms with Crippen molar-refractivity contribution in [1.82, 2.24) is 19.7 Å². The molecule has 0 bridgehead atoms. The first-order valence-corrected chi connectivity index (χ1v) is 9.21. The fourth-order valence-electron chi connectivity index (χ4n) is 4.21. The molecule has 6 heteroatoms. The van der Waals surface area contributed by atoms with Crippen LogP contribution in [0.5, 0.6) is 0 Å². The molecule has 2 aliphatic rings. The molecule has 25 heavy (non-hydrogen) atoms. The van der Waals surface area contributed by atoms with E-state index in [-0.39, 0.29) is 11.9 Å². The second kappa shape index (κ2) is 6.96. The van der Waals surface area contributed by atoms with Crippen LogP contribution in [-0.2, 0) is 17.8 Å². The zero-order valence-corrected chi connectivity index (χ0v) is 14.7. The summed E-state index contributed by atoms with van der Waals surface area (Å²) in [7, 11) is 0. The molecule has 0 N–H and O–H groups in total. The molecule has 0 radical (unpaired) electrons. The SMILES string of the molecule is C[C@H](C(=O)N1CCc2ccccc21)N1CCCC[C@@H]1Cn1cncn1. The number of amides is 1. The molecule has 1 amide bonds. The van der Waals surface area contributed by atoms with Gasteiger partial charge in [-0.2, -0.15) is 5.10 Å². The highest BCUT2D eigenvalue weighted by Gasteiger charge is 2.35. The molecule has 0 unspecified atom stereocenters. The summed E-state index contributed by atoms with van der Waals surface area (Å²) in [4.78, 5) is 21.6. The van der Waals surface area contributed by atoms with E-state index >= 15 is 0 Å². The Hall–Kier alpha value is -2.21. The lowest BCUT2D eigenvalue weighted by Crippen LogP contribution is -2.53. The standard InChI is InChI=1S/C19H25N5O/c1-15(19(25)24-11-9-16-6-2-3-8-18(16)24)23-10-5-4-7-17(23)12-22-14-20-13-21-22/h2-3,6,8,13-15,17H,4-5,7,9-12H2,1H3/t15-,17-/m1/s1. The predicted molar refractivity (Wildman–Crippen MR) is 96.3 cm³/mol. The number of fused-ring (bicyclic) bond motifs is 1. The first-order chi connectivity index (χ1) is 12.2. The zero-order chi connectivity index (χ0) is 17.2. The summed E-state index contributed by atoms with van der Waals surface area (Å²) in [5.41, 5.74) is 2.37. The number of likely N-dealkylation sites (tertiary alicyclic amines) is 1. The molecule has 0 saturated carbocycles. The molecule has 1 aromatic heterocycles. The van der Waals surface area contributed by atoms with Crippen LogP contribution in [0, 0.1) is 0 Å². The Balaban J connectivity index is 1.50. The molecule has 0 aliphatic carbocycles. The van der Waals surface area contributed by atoms with Gasteiger partial charge in [-0.1, -0.05) is 24.6 Å². The van der Waals surface area contributed by atoms with Crippen LogP contribution in [0.2, 0.25) is 0 Å². The number of anilines is 1. The van der Waals surface area contributed by atoms with Crippen molar-refractivity contribution < 1.29 is 4.79 Å². The van der Waals surface area contributed by atoms with Crippen molar-refractivity contribution in [1.29, 1.82) is 0 Å². The van der Waals surface area contributed by atoms with Crippen LogP contribution < -0.4 is 4.90 Å². The van der Waals surface area contributed by atoms with Gasteiger partial charge in [0.1, 0.15) is 12.7 Å². The van der Waals surface area contributed by atoms with Gasteiger partial charge in [-0.05, 0) is 44.4 Å². The number of carbonyl (C=O) groups is 1. The van der Waals surface area contributed by atoms with E-state index in [2.05, 4.69) is 40.1 Å². The van der Waals surface area contributed by atoms with Gasteiger partial charge in [0.25, 0.3) is 0 Å². The highest BCUT2D eigenvalue weighted by molar-refractivity contribution is 5.98. The minimum absolute atomic E-state index is 0.111. The van der Waals surface area contributed by atoms with Crippen molar-refractivity contribution in [2.24, 2.45) is 0 Å². The summed E-state index contributed by atoms with van der Waals surface area (Å²) in [5.74, 6) is 0.218. The van der Waals surface area contributed by atoms with Crippen LogP contribution in [0.3, 0.4) is 0 Å². The van der Waals surface area contributed by atoms with Crippen molar-refractivity contribution in [3.05, 3.63) is 42.5 Å². The Kier molecular flexibility index (Phi) is 4.53. The van der Waals surface area contributed by atoms with E-state index < -0.39 is 0 Å². The van der Waals surface area contributed by atoms with Gasteiger partial charge in [0, 0.05) is 18.3 Å². The normalized spacial score (nSPS) is 22.0. The third-order valence-electron chi connectivity index (χ3n) is 5.55. The summed E-state index contributed by atoms with van der Waals surface area (Å²) in [6, 6.07) is 8.49. The van der Waals surface area contributed by atoms with Gasteiger partial charge < -0.3 is 4.90 Å². The predicted octanol–water partition coefficient (Wildman–Crippen LogP) is 2.11. The molecular weight excluding hydrogens is 314 g/mol. The maximum absolute atomic E-state index is 13.2. The number of carbonyl (C=O) groups excluding carboxylic acids is 1. The summed E-state index contributed by atoms with van der Waals surface area (Å²) >= 11 is 0. The molecular formula is C19H25N5O. The monoisotopic (exact) mass is 339 g/mol. The second-order valence-corrected chi connectivity index (χ2v) is 7.05. The Labute approximate surface area is 148 Å². The van der Waals surface area contributed by atoms with Crippen LogP contribution in [0.15, 0.2) is 36.9 Å². The number of para-hydroxylation sites is 1. The second-order valence-electron chi connectivity index (χ2n) is 7.05. The Bertz CT molecular complexity index is 729. The summed E-state index contributed by atoms with van der Waals surface area (Å²) in [5, 5.41) is 4.24. The fourth-order valence-corrected chi connectivity index (χ4v) is 4.21. The minimum Gasteiger partial charge on any atom is -0.310 e. The van der Waals surface area contributed by atoms with Crippen LogP contribution in [0.4, 0.5) is 5.69 Å². The van der Waals surface area contributed by atoms with Gasteiger partial charge in [0.2, 0.25) is 5.91 Å². The van der Waals surface area contributed by atoms with Gasteiger partial charge in [0.15, 0.2) is 0 Å². The molecule has 6 nitrogen and oxygen atoms in total. The lowest BCUT2D eigenvalue weighted by Gasteiger charge is -2.40. The van der Waals surface area contributed by atoms with E-state index in [1.54, 1.807) is 12.7 Å². The zero-order valence-electron chi connectivity index (χ0n) is 14.7. The third-order valence-corrected chi connectivity index (χ3v) is 5.55. The van der Waals surface area contributed by atoms with E-state index in [0.717, 1.165) is 44.6 Å². The molecule has 1 fully saturated rings. The summed E-state index contributed by atoms with van der Waals surface area (Å²) in [6.07, 6.45) is 7.76. The van der Waals surface area contributed by atoms with Crippen LogP contribution >= 0.6 is 0 Å². The molecule has 2 aromatic rings. The van der Waals surface area contributed by atoms with E-state index in [0.29, 0.717) is 6.04 Å². The highest BCUT2D eigenvalue weighted by atomic mass is 16.2. The number of hydrogen-bond donors (Lipinski definition) is 0. The van der Waals surface area contributed by atoms with Gasteiger partial charge in [-0.15, -0.1) is 0 Å². The van der Waals surface area contributed by atoms with Crippen molar-refractivity contribution in [3.8, 4) is 0 Å². The smallest absolute Gasteiger partial charge is 0.244 e. The third kappa shape index (κ3) is 3.18. The number of aromatic nitrogens is 3. The average Bonchev–Trinajstić information content (AvgIpc) is 3.30. The minimum atomic E-state index is -0.111. The molecule has 1 saturated heterocycles. The number of hydrogen-bond acceptors (Lipinski definition) is 4. The molecule has 0 spiro atoms. The maximum Gasteiger partial charge on any atom is 0.244 e. The van der Waals surface area contributed by atoms with Gasteiger partial charge in [-0.3, -0.25) is 14.4 Å². The van der Waals surface area contributed by atoms with E-state index in [4.69, 9.17) is 0 Å². The van der Waals surface area contributed by atoms with Crippen molar-refractivity contribution in [3.63, 3.8) is 0 Å².